The van der Waals surface area contributed by atoms with Crippen LogP contribution in [-0.4, -0.2) is 73.6 Å². The molecule has 0 aliphatic carbocycles. The van der Waals surface area contributed by atoms with Crippen molar-refractivity contribution in [2.75, 3.05) is 57.8 Å². The lowest BCUT2D eigenvalue weighted by molar-refractivity contribution is -0.132. The molecule has 1 aromatic heterocycles. The van der Waals surface area contributed by atoms with Crippen LogP contribution >= 0.6 is 0 Å². The Morgan fingerprint density at radius 2 is 1.78 bits per heavy atom. The van der Waals surface area contributed by atoms with Crippen LogP contribution in [0.4, 0.5) is 5.69 Å². The van der Waals surface area contributed by atoms with Crippen LogP contribution in [0.5, 0.6) is 5.75 Å². The van der Waals surface area contributed by atoms with Crippen LogP contribution in [0.3, 0.4) is 0 Å². The third-order valence-corrected chi connectivity index (χ3v) is 6.66. The molecule has 32 heavy (non-hydrogen) atoms. The average molecular weight is 431 g/mol. The number of methoxy groups -OCH3 is 1. The minimum Gasteiger partial charge on any atom is -0.497 e. The van der Waals surface area contributed by atoms with Gasteiger partial charge in [0.2, 0.25) is 5.91 Å². The molecule has 0 unspecified atom stereocenters. The van der Waals surface area contributed by atoms with Gasteiger partial charge in [0.15, 0.2) is 0 Å². The summed E-state index contributed by atoms with van der Waals surface area (Å²) >= 11 is 0. The van der Waals surface area contributed by atoms with E-state index < -0.39 is 0 Å². The van der Waals surface area contributed by atoms with Gasteiger partial charge < -0.3 is 19.5 Å². The van der Waals surface area contributed by atoms with Gasteiger partial charge in [0.25, 0.3) is 0 Å². The summed E-state index contributed by atoms with van der Waals surface area (Å²) in [7, 11) is 1.68. The predicted molar refractivity (Wildman–Crippen MR) is 129 cm³/mol. The summed E-state index contributed by atoms with van der Waals surface area (Å²) < 4.78 is 5.24. The number of anilines is 1. The van der Waals surface area contributed by atoms with E-state index in [0.29, 0.717) is 6.54 Å². The van der Waals surface area contributed by atoms with Crippen LogP contribution in [0.1, 0.15) is 12.0 Å². The smallest absolute Gasteiger partial charge is 0.236 e. The molecule has 5 rings (SSSR count). The van der Waals surface area contributed by atoms with Crippen molar-refractivity contribution < 1.29 is 9.53 Å². The van der Waals surface area contributed by atoms with E-state index in [1.54, 1.807) is 7.11 Å². The number of aromatic nitrogens is 1. The molecule has 3 aromatic rings. The Morgan fingerprint density at radius 1 is 1.00 bits per heavy atom. The number of para-hydroxylation sites is 1. The molecule has 1 N–H and O–H groups in total. The summed E-state index contributed by atoms with van der Waals surface area (Å²) in [6.45, 7) is 5.52. The Hall–Kier alpha value is -3.25. The van der Waals surface area contributed by atoms with Crippen molar-refractivity contribution in [3.05, 3.63) is 66.4 Å². The molecule has 2 aliphatic heterocycles. The maximum absolute atomic E-state index is 12.9. The predicted octanol–water partition coefficient (Wildman–Crippen LogP) is 3.61. The third kappa shape index (κ3) is 4.23. The lowest BCUT2D eigenvalue weighted by Crippen LogP contribution is -2.51. The van der Waals surface area contributed by atoms with E-state index in [2.05, 4.69) is 63.5 Å². The first-order valence-corrected chi connectivity index (χ1v) is 11.4. The SMILES string of the molecule is COc1ccc(N2CCN(C(=O)CN3CC=C(c4c[nH]c5ccccc45)CC3)CC2)cc1. The highest BCUT2D eigenvalue weighted by molar-refractivity contribution is 5.92. The summed E-state index contributed by atoms with van der Waals surface area (Å²) in [6, 6.07) is 16.6. The van der Waals surface area contributed by atoms with Crippen molar-refractivity contribution in [2.45, 2.75) is 6.42 Å². The normalized spacial score (nSPS) is 17.5. The van der Waals surface area contributed by atoms with Crippen molar-refractivity contribution in [3.8, 4) is 5.75 Å². The van der Waals surface area contributed by atoms with Crippen LogP contribution in [0.15, 0.2) is 60.8 Å². The molecule has 1 fully saturated rings. The highest BCUT2D eigenvalue weighted by Crippen LogP contribution is 2.29. The van der Waals surface area contributed by atoms with Crippen molar-refractivity contribution in [2.24, 2.45) is 0 Å². The summed E-state index contributed by atoms with van der Waals surface area (Å²) in [5.41, 5.74) is 5.03. The molecule has 1 saturated heterocycles. The van der Waals surface area contributed by atoms with Gasteiger partial charge in [-0.15, -0.1) is 0 Å². The second-order valence-corrected chi connectivity index (χ2v) is 8.53. The maximum atomic E-state index is 12.9. The van der Waals surface area contributed by atoms with E-state index in [0.717, 1.165) is 51.4 Å². The summed E-state index contributed by atoms with van der Waals surface area (Å²) in [5, 5.41) is 1.28. The third-order valence-electron chi connectivity index (χ3n) is 6.66. The van der Waals surface area contributed by atoms with Crippen LogP contribution in [0, 0.1) is 0 Å². The molecule has 1 amide bonds. The number of ether oxygens (including phenoxy) is 1. The van der Waals surface area contributed by atoms with Gasteiger partial charge in [-0.05, 0) is 42.3 Å². The van der Waals surface area contributed by atoms with Crippen LogP contribution in [-0.2, 0) is 4.79 Å². The van der Waals surface area contributed by atoms with Crippen molar-refractivity contribution in [1.29, 1.82) is 0 Å². The number of hydrogen-bond donors (Lipinski definition) is 1. The molecule has 0 saturated carbocycles. The molecule has 2 aromatic carbocycles. The topological polar surface area (TPSA) is 51.8 Å². The fourth-order valence-corrected chi connectivity index (χ4v) is 4.74. The van der Waals surface area contributed by atoms with E-state index in [4.69, 9.17) is 4.74 Å². The molecule has 3 heterocycles. The number of carbonyl (C=O) groups excluding carboxylic acids is 1. The number of aromatic amines is 1. The molecule has 2 aliphatic rings. The van der Waals surface area contributed by atoms with Crippen LogP contribution < -0.4 is 9.64 Å². The average Bonchev–Trinajstić information content (AvgIpc) is 3.29. The van der Waals surface area contributed by atoms with Crippen molar-refractivity contribution in [1.82, 2.24) is 14.8 Å². The lowest BCUT2D eigenvalue weighted by Gasteiger charge is -2.37. The fraction of sp³-hybridized carbons (Fsp3) is 0.346. The Kier molecular flexibility index (Phi) is 5.86. The fourth-order valence-electron chi connectivity index (χ4n) is 4.74. The lowest BCUT2D eigenvalue weighted by atomic mass is 9.99. The number of rotatable bonds is 5. The van der Waals surface area contributed by atoms with Gasteiger partial charge in [-0.25, -0.2) is 0 Å². The molecule has 6 nitrogen and oxygen atoms in total. The highest BCUT2D eigenvalue weighted by Gasteiger charge is 2.24. The quantitative estimate of drug-likeness (QED) is 0.672. The zero-order valence-electron chi connectivity index (χ0n) is 18.6. The van der Waals surface area contributed by atoms with Crippen molar-refractivity contribution >= 4 is 28.1 Å². The maximum Gasteiger partial charge on any atom is 0.236 e. The van der Waals surface area contributed by atoms with Gasteiger partial charge in [-0.2, -0.15) is 0 Å². The molecule has 0 bridgehead atoms. The second kappa shape index (κ2) is 9.09. The minimum absolute atomic E-state index is 0.239. The number of nitrogens with zero attached hydrogens (tertiary/aromatic N) is 3. The first-order valence-electron chi connectivity index (χ1n) is 11.4. The van der Waals surface area contributed by atoms with Gasteiger partial charge in [0, 0.05) is 67.6 Å². The number of H-pyrrole nitrogens is 1. The number of piperazine rings is 1. The highest BCUT2D eigenvalue weighted by atomic mass is 16.5. The Morgan fingerprint density at radius 3 is 2.50 bits per heavy atom. The first kappa shape index (κ1) is 20.6. The first-order chi connectivity index (χ1) is 15.7. The summed E-state index contributed by atoms with van der Waals surface area (Å²) in [5.74, 6) is 1.11. The van der Waals surface area contributed by atoms with E-state index in [-0.39, 0.29) is 5.91 Å². The zero-order valence-corrected chi connectivity index (χ0v) is 18.6. The van der Waals surface area contributed by atoms with Gasteiger partial charge in [-0.3, -0.25) is 9.69 Å². The van der Waals surface area contributed by atoms with Crippen LogP contribution in [0.25, 0.3) is 16.5 Å². The number of carbonyl (C=O) groups is 1. The molecular weight excluding hydrogens is 400 g/mol. The summed E-state index contributed by atoms with van der Waals surface area (Å²) in [6.07, 6.45) is 5.37. The number of benzene rings is 2. The molecule has 0 spiro atoms. The molecular formula is C26H30N4O2. The Labute approximate surface area is 189 Å². The minimum atomic E-state index is 0.239. The summed E-state index contributed by atoms with van der Waals surface area (Å²) in [4.78, 5) is 22.9. The standard InChI is InChI=1S/C26H30N4O2/c1-32-22-8-6-21(7-9-22)29-14-16-30(17-15-29)26(31)19-28-12-10-20(11-13-28)24-18-27-25-5-3-2-4-23(24)25/h2-10,18,27H,11-17,19H2,1H3. The van der Waals surface area contributed by atoms with E-state index in [9.17, 15) is 4.79 Å². The number of fused-ring (bicyclic) bond motifs is 1. The molecule has 6 heteroatoms. The molecule has 0 atom stereocenters. The van der Waals surface area contributed by atoms with Gasteiger partial charge >= 0.3 is 0 Å². The second-order valence-electron chi connectivity index (χ2n) is 8.53. The van der Waals surface area contributed by atoms with E-state index in [1.807, 2.05) is 17.0 Å². The van der Waals surface area contributed by atoms with Gasteiger partial charge in [0.05, 0.1) is 13.7 Å². The van der Waals surface area contributed by atoms with E-state index >= 15 is 0 Å². The number of hydrogen-bond acceptors (Lipinski definition) is 4. The number of amides is 1. The Bertz CT molecular complexity index is 1110. The zero-order chi connectivity index (χ0) is 21.9. The molecule has 0 radical (unpaired) electrons. The van der Waals surface area contributed by atoms with E-state index in [1.165, 1.54) is 27.7 Å². The largest absolute Gasteiger partial charge is 0.497 e. The van der Waals surface area contributed by atoms with Crippen molar-refractivity contribution in [3.63, 3.8) is 0 Å². The van der Waals surface area contributed by atoms with Gasteiger partial charge in [0.1, 0.15) is 5.75 Å². The molecule has 166 valence electrons. The van der Waals surface area contributed by atoms with Gasteiger partial charge in [-0.1, -0.05) is 24.3 Å². The monoisotopic (exact) mass is 430 g/mol. The van der Waals surface area contributed by atoms with Crippen LogP contribution in [0.2, 0.25) is 0 Å². The Balaban J connectivity index is 1.13. The number of nitrogens with one attached hydrogen (secondary N) is 1.